The average Bonchev–Trinajstić information content (AvgIpc) is 2.66. The number of benzene rings is 2. The van der Waals surface area contributed by atoms with Gasteiger partial charge in [-0.2, -0.15) is 0 Å². The van der Waals surface area contributed by atoms with Gasteiger partial charge in [-0.15, -0.1) is 39.7 Å². The summed E-state index contributed by atoms with van der Waals surface area (Å²) in [6.45, 7) is 3.89. The Balaban J connectivity index is -0.0000000995. The van der Waals surface area contributed by atoms with Crippen LogP contribution in [0.2, 0.25) is 0 Å². The minimum atomic E-state index is 0. The molecule has 3 aromatic carbocycles. The summed E-state index contributed by atoms with van der Waals surface area (Å²) < 4.78 is 0. The number of halogens is 2. The number of nitrogens with two attached hydrogens (primary N) is 1. The van der Waals surface area contributed by atoms with Gasteiger partial charge >= 0.3 is 21.7 Å². The zero-order valence-electron chi connectivity index (χ0n) is 14.1. The first-order valence-electron chi connectivity index (χ1n) is 5.97. The second kappa shape index (κ2) is 16.6. The van der Waals surface area contributed by atoms with Crippen LogP contribution in [0.15, 0.2) is 54.6 Å². The molecule has 0 unspecified atom stereocenters. The van der Waals surface area contributed by atoms with Gasteiger partial charge in [0.15, 0.2) is 0 Å². The van der Waals surface area contributed by atoms with Gasteiger partial charge < -0.3 is 45.4 Å². The van der Waals surface area contributed by atoms with E-state index in [1.807, 2.05) is 13.8 Å². The van der Waals surface area contributed by atoms with Crippen LogP contribution >= 0.6 is 0 Å². The van der Waals surface area contributed by atoms with Crippen molar-refractivity contribution in [2.24, 2.45) is 5.73 Å². The van der Waals surface area contributed by atoms with E-state index in [1.165, 1.54) is 21.5 Å². The molecule has 23 heavy (non-hydrogen) atoms. The van der Waals surface area contributed by atoms with Crippen LogP contribution in [0.4, 0.5) is 0 Å². The molecule has 0 bridgehead atoms. The SMILES string of the molecule is CC(C)N.[CH3-].[CH3-].[Cl-].[Cl-].[Si].[Ti+2].c1ccc2c(c1)[cH-]c1ccccc12. The van der Waals surface area contributed by atoms with Crippen LogP contribution in [-0.4, -0.2) is 17.0 Å². The third-order valence-corrected chi connectivity index (χ3v) is 2.52. The van der Waals surface area contributed by atoms with Crippen molar-refractivity contribution in [3.05, 3.63) is 69.5 Å². The summed E-state index contributed by atoms with van der Waals surface area (Å²) in [5, 5.41) is 5.39. The van der Waals surface area contributed by atoms with Gasteiger partial charge in [0.25, 0.3) is 0 Å². The standard InChI is InChI=1S/C13H9.C3H9N.2CH3.2ClH.Si.Ti/c1-3-7-12-10(5-1)9-11-6-2-4-8-13(11)12;1-3(2)4;;;;;;/h1-9H;3H,4H2,1-2H3;2*1H3;2*1H;;/q-1;;2*-1;;;;+2/p-2. The van der Waals surface area contributed by atoms with E-state index >= 15 is 0 Å². The normalized spacial score (nSPS) is 7.83. The van der Waals surface area contributed by atoms with Crippen LogP contribution in [0.3, 0.4) is 0 Å². The van der Waals surface area contributed by atoms with Gasteiger partial charge in [0.2, 0.25) is 0 Å². The minimum Gasteiger partial charge on any atom is -1.00 e. The molecule has 126 valence electrons. The molecule has 0 saturated heterocycles. The molecule has 0 spiro atoms. The molecule has 4 radical (unpaired) electrons. The first-order chi connectivity index (χ1) is 8.18. The third-order valence-electron chi connectivity index (χ3n) is 2.52. The summed E-state index contributed by atoms with van der Waals surface area (Å²) in [6.07, 6.45) is 0. The maximum Gasteiger partial charge on any atom is 2.00 e. The van der Waals surface area contributed by atoms with Gasteiger partial charge in [-0.3, -0.25) is 0 Å². The number of fused-ring (bicyclic) bond motifs is 3. The van der Waals surface area contributed by atoms with Gasteiger partial charge in [0.05, 0.1) is 0 Å². The Labute approximate surface area is 173 Å². The topological polar surface area (TPSA) is 26.0 Å². The van der Waals surface area contributed by atoms with Crippen molar-refractivity contribution < 1.29 is 46.5 Å². The summed E-state index contributed by atoms with van der Waals surface area (Å²) in [7, 11) is 0. The van der Waals surface area contributed by atoms with Gasteiger partial charge in [0.1, 0.15) is 0 Å². The summed E-state index contributed by atoms with van der Waals surface area (Å²) in [5.41, 5.74) is 5.11. The molecule has 0 fully saturated rings. The van der Waals surface area contributed by atoms with E-state index in [0.717, 1.165) is 0 Å². The van der Waals surface area contributed by atoms with E-state index in [2.05, 4.69) is 54.6 Å². The zero-order chi connectivity index (χ0) is 12.3. The molecule has 0 aliphatic carbocycles. The van der Waals surface area contributed by atoms with Crippen molar-refractivity contribution in [3.63, 3.8) is 0 Å². The van der Waals surface area contributed by atoms with E-state index in [0.29, 0.717) is 6.04 Å². The van der Waals surface area contributed by atoms with Gasteiger partial charge in [-0.1, -0.05) is 50.2 Å². The Kier molecular flexibility index (Phi) is 24.7. The summed E-state index contributed by atoms with van der Waals surface area (Å²) in [6, 6.07) is 19.6. The van der Waals surface area contributed by atoms with Crippen molar-refractivity contribution in [1.29, 1.82) is 0 Å². The van der Waals surface area contributed by atoms with Crippen LogP contribution in [0.1, 0.15) is 13.8 Å². The molecule has 0 aliphatic rings. The van der Waals surface area contributed by atoms with Crippen molar-refractivity contribution in [2.45, 2.75) is 19.9 Å². The molecule has 0 amide bonds. The van der Waals surface area contributed by atoms with Gasteiger partial charge in [-0.25, -0.2) is 0 Å². The first kappa shape index (κ1) is 34.2. The predicted molar refractivity (Wildman–Crippen MR) is 95.0 cm³/mol. The predicted octanol–water partition coefficient (Wildman–Crippen LogP) is -1.41. The monoisotopic (exact) mass is 400 g/mol. The first-order valence-corrected chi connectivity index (χ1v) is 5.97. The van der Waals surface area contributed by atoms with Crippen molar-refractivity contribution in [2.75, 3.05) is 0 Å². The summed E-state index contributed by atoms with van der Waals surface area (Å²) in [4.78, 5) is 0. The van der Waals surface area contributed by atoms with E-state index in [1.54, 1.807) is 0 Å². The zero-order valence-corrected chi connectivity index (χ0v) is 18.2. The Bertz CT molecular complexity index is 573. The van der Waals surface area contributed by atoms with E-state index in [4.69, 9.17) is 5.73 Å². The van der Waals surface area contributed by atoms with Crippen LogP contribution in [0.5, 0.6) is 0 Å². The maximum absolute atomic E-state index is 5.11. The van der Waals surface area contributed by atoms with Crippen LogP contribution in [-0.2, 0) is 21.7 Å². The molecule has 0 heterocycles. The molecule has 0 atom stereocenters. The Morgan fingerprint density at radius 3 is 1.35 bits per heavy atom. The smallest absolute Gasteiger partial charge is 1.00 e. The van der Waals surface area contributed by atoms with E-state index in [-0.39, 0.29) is 72.4 Å². The minimum absolute atomic E-state index is 0. The third kappa shape index (κ3) is 9.61. The Hall–Kier alpha value is -0.219. The fourth-order valence-corrected chi connectivity index (χ4v) is 1.90. The quantitative estimate of drug-likeness (QED) is 0.364. The molecular weight excluding hydrogens is 377 g/mol. The molecule has 5 heteroatoms. The number of rotatable bonds is 0. The molecule has 0 aromatic heterocycles. The Morgan fingerprint density at radius 1 is 0.783 bits per heavy atom. The fourth-order valence-electron chi connectivity index (χ4n) is 1.90. The van der Waals surface area contributed by atoms with Gasteiger partial charge in [-0.05, 0) is 6.04 Å². The second-order valence-electron chi connectivity index (χ2n) is 4.56. The van der Waals surface area contributed by atoms with Crippen molar-refractivity contribution >= 4 is 32.5 Å². The maximum atomic E-state index is 5.11. The van der Waals surface area contributed by atoms with E-state index in [9.17, 15) is 0 Å². The second-order valence-corrected chi connectivity index (χ2v) is 4.56. The number of hydrogen-bond acceptors (Lipinski definition) is 1. The largest absolute Gasteiger partial charge is 2.00 e. The summed E-state index contributed by atoms with van der Waals surface area (Å²) in [5.74, 6) is 0. The molecule has 0 aliphatic heterocycles. The molecule has 1 nitrogen and oxygen atoms in total. The molecule has 3 aromatic rings. The van der Waals surface area contributed by atoms with Crippen LogP contribution in [0, 0.1) is 14.9 Å². The number of hydrogen-bond donors (Lipinski definition) is 1. The van der Waals surface area contributed by atoms with Crippen molar-refractivity contribution in [1.82, 2.24) is 0 Å². The summed E-state index contributed by atoms with van der Waals surface area (Å²) >= 11 is 0. The fraction of sp³-hybridized carbons (Fsp3) is 0.167. The molecule has 0 saturated carbocycles. The van der Waals surface area contributed by atoms with Crippen LogP contribution < -0.4 is 30.5 Å². The molecular formula is C18H24Cl2NSiTi-3. The molecule has 3 rings (SSSR count). The van der Waals surface area contributed by atoms with E-state index < -0.39 is 0 Å². The van der Waals surface area contributed by atoms with Crippen LogP contribution in [0.25, 0.3) is 21.5 Å². The van der Waals surface area contributed by atoms with Crippen molar-refractivity contribution in [3.8, 4) is 0 Å². The Morgan fingerprint density at radius 2 is 1.04 bits per heavy atom. The van der Waals surface area contributed by atoms with Gasteiger partial charge in [0, 0.05) is 11.0 Å². The average molecular weight is 401 g/mol. The molecule has 2 N–H and O–H groups in total.